The number of ether oxygens (including phenoxy) is 1. The number of carbonyl (C=O) groups is 1. The van der Waals surface area contributed by atoms with Gasteiger partial charge in [0, 0.05) is 11.9 Å². The molecule has 0 unspecified atom stereocenters. The molecule has 6 heteroatoms. The molecule has 2 aromatic rings. The molecule has 2 N–H and O–H groups in total. The van der Waals surface area contributed by atoms with E-state index in [2.05, 4.69) is 26.2 Å². The van der Waals surface area contributed by atoms with Gasteiger partial charge in [-0.15, -0.1) is 0 Å². The lowest BCUT2D eigenvalue weighted by Gasteiger charge is -2.10. The van der Waals surface area contributed by atoms with E-state index < -0.39 is 5.97 Å². The van der Waals surface area contributed by atoms with Crippen LogP contribution in [0.25, 0.3) is 0 Å². The third-order valence-corrected chi connectivity index (χ3v) is 3.07. The van der Waals surface area contributed by atoms with Crippen molar-refractivity contribution in [2.75, 3.05) is 12.4 Å². The number of halogens is 1. The van der Waals surface area contributed by atoms with Crippen molar-refractivity contribution < 1.29 is 14.6 Å². The van der Waals surface area contributed by atoms with E-state index >= 15 is 0 Å². The fraction of sp³-hybridized carbons (Fsp3) is 0.0769. The Morgan fingerprint density at radius 3 is 2.84 bits per heavy atom. The van der Waals surface area contributed by atoms with Gasteiger partial charge in [-0.05, 0) is 46.3 Å². The van der Waals surface area contributed by atoms with Gasteiger partial charge >= 0.3 is 5.97 Å². The summed E-state index contributed by atoms with van der Waals surface area (Å²) in [4.78, 5) is 15.1. The van der Waals surface area contributed by atoms with Crippen LogP contribution in [0.2, 0.25) is 0 Å². The summed E-state index contributed by atoms with van der Waals surface area (Å²) in [6.45, 7) is 0. The van der Waals surface area contributed by atoms with Crippen LogP contribution in [0.5, 0.6) is 5.75 Å². The van der Waals surface area contributed by atoms with E-state index in [4.69, 9.17) is 9.84 Å². The van der Waals surface area contributed by atoms with E-state index in [1.807, 2.05) is 0 Å². The molecule has 0 fully saturated rings. The Kier molecular flexibility index (Phi) is 4.01. The molecule has 0 spiro atoms. The van der Waals surface area contributed by atoms with Gasteiger partial charge in [0.2, 0.25) is 0 Å². The van der Waals surface area contributed by atoms with Crippen LogP contribution in [0, 0.1) is 0 Å². The van der Waals surface area contributed by atoms with Gasteiger partial charge < -0.3 is 15.2 Å². The van der Waals surface area contributed by atoms with E-state index in [-0.39, 0.29) is 5.56 Å². The van der Waals surface area contributed by atoms with Gasteiger partial charge in [0.05, 0.1) is 11.6 Å². The van der Waals surface area contributed by atoms with Crippen LogP contribution in [-0.2, 0) is 0 Å². The molecule has 1 aromatic heterocycles. The number of nitrogens with zero attached hydrogens (tertiary/aromatic N) is 1. The minimum Gasteiger partial charge on any atom is -0.496 e. The topological polar surface area (TPSA) is 71.5 Å². The first-order valence-corrected chi connectivity index (χ1v) is 6.20. The summed E-state index contributed by atoms with van der Waals surface area (Å²) >= 11 is 3.37. The predicted molar refractivity (Wildman–Crippen MR) is 75.2 cm³/mol. The molecule has 0 saturated carbocycles. The largest absolute Gasteiger partial charge is 0.496 e. The zero-order valence-corrected chi connectivity index (χ0v) is 11.6. The molecule has 1 aromatic carbocycles. The number of rotatable bonds is 4. The normalized spacial score (nSPS) is 10.0. The predicted octanol–water partition coefficient (Wildman–Crippen LogP) is 3.29. The summed E-state index contributed by atoms with van der Waals surface area (Å²) < 4.78 is 5.90. The third-order valence-electron chi connectivity index (χ3n) is 2.45. The van der Waals surface area contributed by atoms with Crippen molar-refractivity contribution in [1.82, 2.24) is 4.98 Å². The average molecular weight is 323 g/mol. The highest BCUT2D eigenvalue weighted by Crippen LogP contribution is 2.29. The van der Waals surface area contributed by atoms with Crippen LogP contribution in [0.1, 0.15) is 10.4 Å². The maximum atomic E-state index is 11.1. The smallest absolute Gasteiger partial charge is 0.339 e. The molecular weight excluding hydrogens is 312 g/mol. The second-order valence-corrected chi connectivity index (χ2v) is 4.53. The maximum absolute atomic E-state index is 11.1. The minimum atomic E-state index is -1.02. The first-order valence-electron chi connectivity index (χ1n) is 5.40. The summed E-state index contributed by atoms with van der Waals surface area (Å²) in [6.07, 6.45) is 1.54. The molecule has 2 rings (SSSR count). The SMILES string of the molecule is COc1ccc(Nc2ncccc2C(=O)O)cc1Br. The van der Waals surface area contributed by atoms with Crippen LogP contribution < -0.4 is 10.1 Å². The van der Waals surface area contributed by atoms with E-state index in [0.717, 1.165) is 4.47 Å². The first-order chi connectivity index (χ1) is 9.11. The number of pyridine rings is 1. The number of carboxylic acid groups (broad SMARTS) is 1. The van der Waals surface area contributed by atoms with E-state index in [9.17, 15) is 4.79 Å². The molecule has 98 valence electrons. The number of aromatic carboxylic acids is 1. The molecule has 0 amide bonds. The highest BCUT2D eigenvalue weighted by molar-refractivity contribution is 9.10. The molecule has 0 aliphatic carbocycles. The molecule has 0 atom stereocenters. The highest BCUT2D eigenvalue weighted by atomic mass is 79.9. The number of carboxylic acids is 1. The lowest BCUT2D eigenvalue weighted by Crippen LogP contribution is -2.04. The van der Waals surface area contributed by atoms with Crippen molar-refractivity contribution in [2.45, 2.75) is 0 Å². The summed E-state index contributed by atoms with van der Waals surface area (Å²) in [7, 11) is 1.58. The molecule has 0 aliphatic heterocycles. The Morgan fingerprint density at radius 1 is 1.42 bits per heavy atom. The van der Waals surface area contributed by atoms with Crippen molar-refractivity contribution in [3.8, 4) is 5.75 Å². The van der Waals surface area contributed by atoms with E-state index in [0.29, 0.717) is 17.3 Å². The zero-order valence-electron chi connectivity index (χ0n) is 10.1. The van der Waals surface area contributed by atoms with Crippen LogP contribution in [-0.4, -0.2) is 23.2 Å². The Bertz CT molecular complexity index is 617. The van der Waals surface area contributed by atoms with Gasteiger partial charge in [-0.2, -0.15) is 0 Å². The molecule has 0 saturated heterocycles. The number of hydrogen-bond donors (Lipinski definition) is 2. The van der Waals surface area contributed by atoms with Crippen molar-refractivity contribution in [3.63, 3.8) is 0 Å². The second kappa shape index (κ2) is 5.71. The standard InChI is InChI=1S/C13H11BrN2O3/c1-19-11-5-4-8(7-10(11)14)16-12-9(13(17)18)3-2-6-15-12/h2-7H,1H3,(H,15,16)(H,17,18). The Morgan fingerprint density at radius 2 is 2.21 bits per heavy atom. The molecule has 0 bridgehead atoms. The molecule has 0 radical (unpaired) electrons. The highest BCUT2D eigenvalue weighted by Gasteiger charge is 2.11. The summed E-state index contributed by atoms with van der Waals surface area (Å²) in [5.41, 5.74) is 0.836. The second-order valence-electron chi connectivity index (χ2n) is 3.68. The number of methoxy groups -OCH3 is 1. The number of nitrogens with one attached hydrogen (secondary N) is 1. The van der Waals surface area contributed by atoms with Crippen molar-refractivity contribution in [2.24, 2.45) is 0 Å². The Balaban J connectivity index is 2.31. The number of anilines is 2. The number of aromatic nitrogens is 1. The van der Waals surface area contributed by atoms with Gasteiger partial charge in [0.15, 0.2) is 0 Å². The fourth-order valence-electron chi connectivity index (χ4n) is 1.56. The monoisotopic (exact) mass is 322 g/mol. The van der Waals surface area contributed by atoms with Gasteiger partial charge in [0.25, 0.3) is 0 Å². The van der Waals surface area contributed by atoms with Crippen LogP contribution in [0.3, 0.4) is 0 Å². The number of benzene rings is 1. The third kappa shape index (κ3) is 3.03. The molecule has 19 heavy (non-hydrogen) atoms. The lowest BCUT2D eigenvalue weighted by molar-refractivity contribution is 0.0697. The minimum absolute atomic E-state index is 0.120. The lowest BCUT2D eigenvalue weighted by atomic mass is 10.2. The van der Waals surface area contributed by atoms with Gasteiger partial charge in [-0.3, -0.25) is 0 Å². The maximum Gasteiger partial charge on any atom is 0.339 e. The first kappa shape index (κ1) is 13.4. The molecule has 5 nitrogen and oxygen atoms in total. The zero-order chi connectivity index (χ0) is 13.8. The van der Waals surface area contributed by atoms with E-state index in [1.54, 1.807) is 31.4 Å². The quantitative estimate of drug-likeness (QED) is 0.903. The summed E-state index contributed by atoms with van der Waals surface area (Å²) in [5.74, 6) is -0.0275. The average Bonchev–Trinajstić information content (AvgIpc) is 2.39. The van der Waals surface area contributed by atoms with Gasteiger partial charge in [0.1, 0.15) is 17.1 Å². The summed E-state index contributed by atoms with van der Waals surface area (Å²) in [5, 5.41) is 12.0. The van der Waals surface area contributed by atoms with Crippen molar-refractivity contribution in [1.29, 1.82) is 0 Å². The van der Waals surface area contributed by atoms with Crippen molar-refractivity contribution >= 4 is 33.4 Å². The summed E-state index contributed by atoms with van der Waals surface area (Å²) in [6, 6.07) is 8.42. The Labute approximate surface area is 118 Å². The van der Waals surface area contributed by atoms with Gasteiger partial charge in [-0.1, -0.05) is 0 Å². The molecule has 1 heterocycles. The van der Waals surface area contributed by atoms with E-state index in [1.165, 1.54) is 12.3 Å². The van der Waals surface area contributed by atoms with Crippen LogP contribution in [0.15, 0.2) is 41.0 Å². The Hall–Kier alpha value is -2.08. The van der Waals surface area contributed by atoms with Crippen molar-refractivity contribution in [3.05, 3.63) is 46.6 Å². The van der Waals surface area contributed by atoms with Gasteiger partial charge in [-0.25, -0.2) is 9.78 Å². The van der Waals surface area contributed by atoms with Crippen LogP contribution >= 0.6 is 15.9 Å². The number of hydrogen-bond acceptors (Lipinski definition) is 4. The van der Waals surface area contributed by atoms with Crippen LogP contribution in [0.4, 0.5) is 11.5 Å². The molecular formula is C13H11BrN2O3. The fourth-order valence-corrected chi connectivity index (χ4v) is 2.10. The molecule has 0 aliphatic rings.